The van der Waals surface area contributed by atoms with E-state index >= 15 is 0 Å². The van der Waals surface area contributed by atoms with E-state index in [9.17, 15) is 0 Å². The first-order valence-corrected chi connectivity index (χ1v) is 6.51. The Kier molecular flexibility index (Phi) is 5.44. The molecule has 0 aromatic carbocycles. The Bertz CT molecular complexity index is 323. The lowest BCUT2D eigenvalue weighted by Gasteiger charge is -1.98. The molecule has 0 aliphatic heterocycles. The number of hydrogen-bond donors (Lipinski definition) is 3. The van der Waals surface area contributed by atoms with Crippen molar-refractivity contribution in [1.29, 1.82) is 0 Å². The number of nitrogens with two attached hydrogens (primary N) is 2. The largest absolute Gasteiger partial charge is 0.370 e. The van der Waals surface area contributed by atoms with Gasteiger partial charge in [-0.05, 0) is 0 Å². The van der Waals surface area contributed by atoms with E-state index in [0.29, 0.717) is 12.5 Å². The quantitative estimate of drug-likeness (QED) is 0.403. The molecule has 0 radical (unpaired) electrons. The number of aromatic nitrogens is 1. The number of nitrogens with one attached hydrogen (secondary N) is 1. The van der Waals surface area contributed by atoms with Crippen molar-refractivity contribution < 1.29 is 0 Å². The van der Waals surface area contributed by atoms with Gasteiger partial charge in [-0.15, -0.1) is 11.3 Å². The molecule has 0 saturated carbocycles. The second-order valence-electron chi connectivity index (χ2n) is 2.72. The van der Waals surface area contributed by atoms with Crippen LogP contribution >= 0.6 is 23.1 Å². The SMILES string of the molecule is CN=C(N)Nc1nc(CSCCN)cs1. The maximum Gasteiger partial charge on any atom is 0.194 e. The Balaban J connectivity index is 2.42. The number of guanidine groups is 1. The van der Waals surface area contributed by atoms with Crippen LogP contribution in [-0.2, 0) is 5.75 Å². The molecule has 5 N–H and O–H groups in total. The van der Waals surface area contributed by atoms with Gasteiger partial charge in [0.2, 0.25) is 0 Å². The molecular weight excluding hydrogens is 230 g/mol. The third-order valence-electron chi connectivity index (χ3n) is 1.54. The molecule has 0 aliphatic rings. The Morgan fingerprint density at radius 3 is 3.20 bits per heavy atom. The van der Waals surface area contributed by atoms with Crippen LogP contribution in [0.3, 0.4) is 0 Å². The second kappa shape index (κ2) is 6.65. The van der Waals surface area contributed by atoms with Gasteiger partial charge in [0.1, 0.15) is 0 Å². The van der Waals surface area contributed by atoms with Crippen molar-refractivity contribution in [2.24, 2.45) is 16.5 Å². The van der Waals surface area contributed by atoms with Gasteiger partial charge in [-0.1, -0.05) is 0 Å². The van der Waals surface area contributed by atoms with E-state index in [2.05, 4.69) is 15.3 Å². The van der Waals surface area contributed by atoms with Crippen molar-refractivity contribution in [2.75, 3.05) is 24.7 Å². The Morgan fingerprint density at radius 2 is 2.53 bits per heavy atom. The normalized spacial score (nSPS) is 11.7. The van der Waals surface area contributed by atoms with Gasteiger partial charge < -0.3 is 16.8 Å². The minimum atomic E-state index is 0.380. The number of aliphatic imine (C=N–C) groups is 1. The molecule has 7 heteroatoms. The number of rotatable bonds is 5. The molecule has 1 rings (SSSR count). The van der Waals surface area contributed by atoms with Crippen molar-refractivity contribution >= 4 is 34.2 Å². The summed E-state index contributed by atoms with van der Waals surface area (Å²) in [5, 5.41) is 5.69. The Morgan fingerprint density at radius 1 is 1.73 bits per heavy atom. The van der Waals surface area contributed by atoms with Crippen LogP contribution in [0.25, 0.3) is 0 Å². The Labute approximate surface area is 97.4 Å². The van der Waals surface area contributed by atoms with Crippen molar-refractivity contribution in [1.82, 2.24) is 4.98 Å². The molecule has 0 amide bonds. The lowest BCUT2D eigenvalue weighted by Crippen LogP contribution is -2.21. The van der Waals surface area contributed by atoms with E-state index in [-0.39, 0.29) is 0 Å². The van der Waals surface area contributed by atoms with E-state index in [4.69, 9.17) is 11.5 Å². The highest BCUT2D eigenvalue weighted by Crippen LogP contribution is 2.18. The molecule has 84 valence electrons. The molecule has 0 fully saturated rings. The third-order valence-corrected chi connectivity index (χ3v) is 3.37. The summed E-state index contributed by atoms with van der Waals surface area (Å²) in [6, 6.07) is 0. The van der Waals surface area contributed by atoms with Gasteiger partial charge >= 0.3 is 0 Å². The number of hydrogen-bond acceptors (Lipinski definition) is 5. The predicted octanol–water partition coefficient (Wildman–Crippen LogP) is 0.691. The molecule has 0 unspecified atom stereocenters. The van der Waals surface area contributed by atoms with Crippen LogP contribution in [0.4, 0.5) is 5.13 Å². The minimum absolute atomic E-state index is 0.380. The van der Waals surface area contributed by atoms with Crippen LogP contribution in [0.1, 0.15) is 5.69 Å². The zero-order valence-electron chi connectivity index (χ0n) is 8.56. The summed E-state index contributed by atoms with van der Waals surface area (Å²) in [7, 11) is 1.63. The first-order chi connectivity index (χ1) is 7.26. The number of anilines is 1. The molecule has 1 heterocycles. The molecule has 0 spiro atoms. The summed E-state index contributed by atoms with van der Waals surface area (Å²) in [4.78, 5) is 8.15. The first-order valence-electron chi connectivity index (χ1n) is 4.47. The van der Waals surface area contributed by atoms with E-state index in [1.54, 1.807) is 18.8 Å². The van der Waals surface area contributed by atoms with Gasteiger partial charge in [0.05, 0.1) is 5.69 Å². The fourth-order valence-corrected chi connectivity index (χ4v) is 2.35. The van der Waals surface area contributed by atoms with Crippen molar-refractivity contribution in [3.8, 4) is 0 Å². The molecule has 0 aliphatic carbocycles. The van der Waals surface area contributed by atoms with Crippen LogP contribution in [0.15, 0.2) is 10.4 Å². The smallest absolute Gasteiger partial charge is 0.194 e. The maximum absolute atomic E-state index is 5.52. The summed E-state index contributed by atoms with van der Waals surface area (Å²) in [6.45, 7) is 0.704. The van der Waals surface area contributed by atoms with Gasteiger partial charge in [-0.25, -0.2) is 4.98 Å². The number of thioether (sulfide) groups is 1. The van der Waals surface area contributed by atoms with Crippen molar-refractivity contribution in [2.45, 2.75) is 5.75 Å². The zero-order chi connectivity index (χ0) is 11.1. The highest BCUT2D eigenvalue weighted by Gasteiger charge is 2.02. The standard InChI is InChI=1S/C8H15N5S2/c1-11-7(10)13-8-12-6(5-15-8)4-14-3-2-9/h5H,2-4,9H2,1H3,(H3,10,11,12,13). The van der Waals surface area contributed by atoms with Gasteiger partial charge in [0, 0.05) is 30.5 Å². The fourth-order valence-electron chi connectivity index (χ4n) is 0.856. The second-order valence-corrected chi connectivity index (χ2v) is 4.68. The third kappa shape index (κ3) is 4.50. The number of thiazole rings is 1. The molecule has 5 nitrogen and oxygen atoms in total. The van der Waals surface area contributed by atoms with Crippen molar-refractivity contribution in [3.05, 3.63) is 11.1 Å². The van der Waals surface area contributed by atoms with Gasteiger partial charge in [-0.2, -0.15) is 11.8 Å². The lowest BCUT2D eigenvalue weighted by molar-refractivity contribution is 1.14. The van der Waals surface area contributed by atoms with Gasteiger partial charge in [0.25, 0.3) is 0 Å². The molecule has 0 bridgehead atoms. The Hall–Kier alpha value is -0.790. The van der Waals surface area contributed by atoms with Crippen LogP contribution in [0, 0.1) is 0 Å². The van der Waals surface area contributed by atoms with E-state index < -0.39 is 0 Å². The van der Waals surface area contributed by atoms with Crippen LogP contribution < -0.4 is 16.8 Å². The van der Waals surface area contributed by atoms with Gasteiger partial charge in [0.15, 0.2) is 11.1 Å². The maximum atomic E-state index is 5.52. The molecule has 0 atom stereocenters. The highest BCUT2D eigenvalue weighted by atomic mass is 32.2. The topological polar surface area (TPSA) is 89.3 Å². The predicted molar refractivity (Wildman–Crippen MR) is 68.5 cm³/mol. The summed E-state index contributed by atoms with van der Waals surface area (Å²) in [6.07, 6.45) is 0. The number of nitrogens with zero attached hydrogens (tertiary/aromatic N) is 2. The molecule has 0 saturated heterocycles. The molecule has 1 aromatic rings. The van der Waals surface area contributed by atoms with E-state index in [1.165, 1.54) is 11.3 Å². The monoisotopic (exact) mass is 245 g/mol. The minimum Gasteiger partial charge on any atom is -0.370 e. The van der Waals surface area contributed by atoms with Crippen LogP contribution in [0.5, 0.6) is 0 Å². The molecular formula is C8H15N5S2. The highest BCUT2D eigenvalue weighted by molar-refractivity contribution is 7.98. The van der Waals surface area contributed by atoms with Crippen molar-refractivity contribution in [3.63, 3.8) is 0 Å². The first kappa shape index (κ1) is 12.3. The summed E-state index contributed by atoms with van der Waals surface area (Å²) >= 11 is 3.30. The average Bonchev–Trinajstić information content (AvgIpc) is 2.66. The van der Waals surface area contributed by atoms with Crippen LogP contribution in [-0.4, -0.2) is 30.3 Å². The lowest BCUT2D eigenvalue weighted by atomic mass is 10.6. The summed E-state index contributed by atoms with van der Waals surface area (Å²) in [5.74, 6) is 2.22. The fraction of sp³-hybridized carbons (Fsp3) is 0.500. The molecule has 1 aromatic heterocycles. The van der Waals surface area contributed by atoms with Gasteiger partial charge in [-0.3, -0.25) is 4.99 Å². The van der Waals surface area contributed by atoms with E-state index in [1.807, 2.05) is 5.38 Å². The zero-order valence-corrected chi connectivity index (χ0v) is 10.2. The van der Waals surface area contributed by atoms with Crippen LogP contribution in [0.2, 0.25) is 0 Å². The summed E-state index contributed by atoms with van der Waals surface area (Å²) in [5.41, 5.74) is 12.0. The average molecular weight is 245 g/mol. The van der Waals surface area contributed by atoms with E-state index in [0.717, 1.165) is 22.3 Å². The summed E-state index contributed by atoms with van der Waals surface area (Å²) < 4.78 is 0. The molecule has 15 heavy (non-hydrogen) atoms.